The number of hydrogen-bond acceptors (Lipinski definition) is 4. The average molecular weight is 399 g/mol. The van der Waals surface area contributed by atoms with Crippen molar-refractivity contribution in [3.05, 3.63) is 70.9 Å². The van der Waals surface area contributed by atoms with E-state index in [0.29, 0.717) is 11.5 Å². The van der Waals surface area contributed by atoms with Crippen molar-refractivity contribution < 1.29 is 13.2 Å². The molecule has 0 amide bonds. The third-order valence-corrected chi connectivity index (χ3v) is 5.40. The average Bonchev–Trinajstić information content (AvgIpc) is 3.06. The summed E-state index contributed by atoms with van der Waals surface area (Å²) in [5.41, 5.74) is 4.27. The second-order valence-corrected chi connectivity index (χ2v) is 7.43. The largest absolute Gasteiger partial charge is 0.416 e. The molecule has 1 N–H and O–H groups in total. The smallest absolute Gasteiger partial charge is 0.340 e. The number of nitrogens with one attached hydrogen (secondary N) is 1. The van der Waals surface area contributed by atoms with E-state index in [2.05, 4.69) is 40.4 Å². The van der Waals surface area contributed by atoms with Crippen molar-refractivity contribution >= 4 is 33.1 Å². The van der Waals surface area contributed by atoms with Crippen LogP contribution in [0.4, 0.5) is 24.7 Å². The number of aryl methyl sites for hydroxylation is 2. The van der Waals surface area contributed by atoms with Crippen molar-refractivity contribution in [3.63, 3.8) is 0 Å². The quantitative estimate of drug-likeness (QED) is 0.415. The minimum absolute atomic E-state index is 0.533. The monoisotopic (exact) mass is 399 g/mol. The molecular weight excluding hydrogens is 383 g/mol. The number of halogens is 3. The van der Waals surface area contributed by atoms with Gasteiger partial charge in [-0.05, 0) is 49.2 Å². The van der Waals surface area contributed by atoms with Gasteiger partial charge in [0.15, 0.2) is 0 Å². The summed E-state index contributed by atoms with van der Waals surface area (Å²) in [7, 11) is 0. The Morgan fingerprint density at radius 1 is 0.929 bits per heavy atom. The first kappa shape index (κ1) is 18.4. The maximum Gasteiger partial charge on any atom is 0.416 e. The zero-order valence-corrected chi connectivity index (χ0v) is 15.9. The molecule has 0 unspecified atom stereocenters. The fourth-order valence-corrected chi connectivity index (χ4v) is 4.07. The number of fused-ring (bicyclic) bond motifs is 1. The van der Waals surface area contributed by atoms with Gasteiger partial charge in [-0.1, -0.05) is 23.8 Å². The SMILES string of the molecule is Cc1ccc(-c2csc3ncnc(Nc4ccc(C(F)(F)F)cc4)c23)c(C)c1. The van der Waals surface area contributed by atoms with Crippen LogP contribution in [0.5, 0.6) is 0 Å². The first-order valence-electron chi connectivity index (χ1n) is 8.57. The van der Waals surface area contributed by atoms with E-state index < -0.39 is 11.7 Å². The summed E-state index contributed by atoms with van der Waals surface area (Å²) >= 11 is 1.51. The van der Waals surface area contributed by atoms with E-state index in [1.165, 1.54) is 35.4 Å². The molecule has 0 bridgehead atoms. The number of benzene rings is 2. The maximum absolute atomic E-state index is 12.8. The Bertz CT molecular complexity index is 1150. The Morgan fingerprint density at radius 3 is 2.36 bits per heavy atom. The molecule has 4 aromatic rings. The van der Waals surface area contributed by atoms with E-state index in [-0.39, 0.29) is 0 Å². The molecule has 0 spiro atoms. The lowest BCUT2D eigenvalue weighted by Crippen LogP contribution is -2.04. The fraction of sp³-hybridized carbons (Fsp3) is 0.143. The van der Waals surface area contributed by atoms with Gasteiger partial charge in [0.25, 0.3) is 0 Å². The van der Waals surface area contributed by atoms with Crippen molar-refractivity contribution in [3.8, 4) is 11.1 Å². The Labute approximate surface area is 163 Å². The molecule has 7 heteroatoms. The number of aromatic nitrogens is 2. The Kier molecular flexibility index (Phi) is 4.55. The zero-order valence-electron chi connectivity index (χ0n) is 15.1. The van der Waals surface area contributed by atoms with E-state index in [4.69, 9.17) is 0 Å². The predicted molar refractivity (Wildman–Crippen MR) is 107 cm³/mol. The molecule has 2 aromatic heterocycles. The number of rotatable bonds is 3. The first-order valence-corrected chi connectivity index (χ1v) is 9.45. The molecule has 0 aliphatic rings. The summed E-state index contributed by atoms with van der Waals surface area (Å²) in [5.74, 6) is 0.570. The van der Waals surface area contributed by atoms with Crippen LogP contribution in [0.2, 0.25) is 0 Å². The Balaban J connectivity index is 1.77. The van der Waals surface area contributed by atoms with Gasteiger partial charge in [0.1, 0.15) is 17.0 Å². The lowest BCUT2D eigenvalue weighted by molar-refractivity contribution is -0.137. The van der Waals surface area contributed by atoms with Crippen LogP contribution < -0.4 is 5.32 Å². The van der Waals surface area contributed by atoms with Crippen LogP contribution in [-0.4, -0.2) is 9.97 Å². The number of alkyl halides is 3. The van der Waals surface area contributed by atoms with Crippen molar-refractivity contribution in [2.75, 3.05) is 5.32 Å². The van der Waals surface area contributed by atoms with Gasteiger partial charge in [-0.2, -0.15) is 13.2 Å². The van der Waals surface area contributed by atoms with Crippen molar-refractivity contribution in [1.82, 2.24) is 9.97 Å². The third-order valence-electron chi connectivity index (χ3n) is 4.52. The molecule has 0 saturated carbocycles. The first-order chi connectivity index (χ1) is 13.3. The molecule has 2 heterocycles. The van der Waals surface area contributed by atoms with Gasteiger partial charge in [0.05, 0.1) is 10.9 Å². The molecule has 142 valence electrons. The molecule has 0 aliphatic heterocycles. The van der Waals surface area contributed by atoms with E-state index in [0.717, 1.165) is 39.0 Å². The molecule has 28 heavy (non-hydrogen) atoms. The van der Waals surface area contributed by atoms with Crippen LogP contribution in [0.3, 0.4) is 0 Å². The van der Waals surface area contributed by atoms with E-state index in [9.17, 15) is 13.2 Å². The summed E-state index contributed by atoms with van der Waals surface area (Å²) in [6.07, 6.45) is -2.90. The van der Waals surface area contributed by atoms with Crippen LogP contribution in [0.15, 0.2) is 54.2 Å². The predicted octanol–water partition coefficient (Wildman–Crippen LogP) is 6.74. The fourth-order valence-electron chi connectivity index (χ4n) is 3.16. The molecule has 0 aliphatic carbocycles. The van der Waals surface area contributed by atoms with Gasteiger partial charge >= 0.3 is 6.18 Å². The topological polar surface area (TPSA) is 37.8 Å². The van der Waals surface area contributed by atoms with E-state index in [1.54, 1.807) is 0 Å². The van der Waals surface area contributed by atoms with Gasteiger partial charge in [0.2, 0.25) is 0 Å². The molecule has 0 atom stereocenters. The summed E-state index contributed by atoms with van der Waals surface area (Å²) in [4.78, 5) is 9.50. The van der Waals surface area contributed by atoms with E-state index in [1.807, 2.05) is 12.3 Å². The minimum atomic E-state index is -4.36. The van der Waals surface area contributed by atoms with Crippen LogP contribution >= 0.6 is 11.3 Å². The van der Waals surface area contributed by atoms with Gasteiger partial charge < -0.3 is 5.32 Å². The summed E-state index contributed by atoms with van der Waals surface area (Å²) in [6, 6.07) is 11.2. The second-order valence-electron chi connectivity index (χ2n) is 6.57. The Hall–Kier alpha value is -2.93. The third kappa shape index (κ3) is 3.45. The van der Waals surface area contributed by atoms with Crippen LogP contribution in [0, 0.1) is 13.8 Å². The van der Waals surface area contributed by atoms with Crippen molar-refractivity contribution in [2.24, 2.45) is 0 Å². The summed E-state index contributed by atoms with van der Waals surface area (Å²) in [6.45, 7) is 4.10. The molecular formula is C21H16F3N3S. The van der Waals surface area contributed by atoms with Crippen LogP contribution in [0.1, 0.15) is 16.7 Å². The number of thiophene rings is 1. The highest BCUT2D eigenvalue weighted by Gasteiger charge is 2.30. The highest BCUT2D eigenvalue weighted by molar-refractivity contribution is 7.17. The molecule has 4 rings (SSSR count). The standard InChI is InChI=1S/C21H16F3N3S/c1-12-3-8-16(13(2)9-12)17-10-28-20-18(17)19(25-11-26-20)27-15-6-4-14(5-7-15)21(22,23)24/h3-11H,1-2H3,(H,25,26,27). The normalized spacial score (nSPS) is 11.8. The summed E-state index contributed by atoms with van der Waals surface area (Å²) < 4.78 is 38.3. The Morgan fingerprint density at radius 2 is 1.68 bits per heavy atom. The molecule has 2 aromatic carbocycles. The summed E-state index contributed by atoms with van der Waals surface area (Å²) in [5, 5.41) is 6.04. The van der Waals surface area contributed by atoms with Gasteiger partial charge in [-0.15, -0.1) is 11.3 Å². The lowest BCUT2D eigenvalue weighted by atomic mass is 9.99. The van der Waals surface area contributed by atoms with Crippen molar-refractivity contribution in [2.45, 2.75) is 20.0 Å². The van der Waals surface area contributed by atoms with E-state index >= 15 is 0 Å². The molecule has 0 radical (unpaired) electrons. The molecule has 0 saturated heterocycles. The van der Waals surface area contributed by atoms with Crippen LogP contribution in [0.25, 0.3) is 21.3 Å². The zero-order chi connectivity index (χ0) is 19.9. The van der Waals surface area contributed by atoms with Gasteiger partial charge in [-0.3, -0.25) is 0 Å². The highest BCUT2D eigenvalue weighted by atomic mass is 32.1. The minimum Gasteiger partial charge on any atom is -0.340 e. The van der Waals surface area contributed by atoms with Crippen molar-refractivity contribution in [1.29, 1.82) is 0 Å². The number of nitrogens with zero attached hydrogens (tertiary/aromatic N) is 2. The van der Waals surface area contributed by atoms with Gasteiger partial charge in [0, 0.05) is 16.6 Å². The van der Waals surface area contributed by atoms with Crippen LogP contribution in [-0.2, 0) is 6.18 Å². The maximum atomic E-state index is 12.8. The molecule has 3 nitrogen and oxygen atoms in total. The van der Waals surface area contributed by atoms with Gasteiger partial charge in [-0.25, -0.2) is 9.97 Å². The lowest BCUT2D eigenvalue weighted by Gasteiger charge is -2.11. The number of hydrogen-bond donors (Lipinski definition) is 1. The highest BCUT2D eigenvalue weighted by Crippen LogP contribution is 2.39. The molecule has 0 fully saturated rings. The second kappa shape index (κ2) is 6.91. The number of anilines is 2.